The van der Waals surface area contributed by atoms with Gasteiger partial charge in [-0.05, 0) is 46.9 Å². The smallest absolute Gasteiger partial charge is 0.0846 e. The van der Waals surface area contributed by atoms with Crippen LogP contribution in [0.15, 0.2) is 60.7 Å². The quantitative estimate of drug-likeness (QED) is 0.522. The van der Waals surface area contributed by atoms with E-state index in [0.29, 0.717) is 0 Å². The molecule has 0 spiro atoms. The van der Waals surface area contributed by atoms with E-state index in [1.807, 2.05) is 0 Å². The second-order valence-corrected chi connectivity index (χ2v) is 5.67. The van der Waals surface area contributed by atoms with Crippen molar-refractivity contribution in [1.29, 1.82) is 0 Å². The van der Waals surface area contributed by atoms with E-state index in [4.69, 9.17) is 11.6 Å². The topological polar surface area (TPSA) is 0 Å². The first-order chi connectivity index (χ1) is 9.68. The second kappa shape index (κ2) is 5.30. The van der Waals surface area contributed by atoms with E-state index in [1.54, 1.807) is 0 Å². The van der Waals surface area contributed by atoms with Crippen molar-refractivity contribution in [2.24, 2.45) is 0 Å². The average molecular weight is 281 g/mol. The first kappa shape index (κ1) is 13.2. The predicted molar refractivity (Wildman–Crippen MR) is 87.6 cm³/mol. The molecule has 1 heteroatoms. The van der Waals surface area contributed by atoms with Crippen LogP contribution in [0.5, 0.6) is 0 Å². The third-order valence-electron chi connectivity index (χ3n) is 3.89. The van der Waals surface area contributed by atoms with Crippen LogP contribution in [0, 0.1) is 13.8 Å². The Balaban J connectivity index is 2.21. The molecule has 0 N–H and O–H groups in total. The summed E-state index contributed by atoms with van der Waals surface area (Å²) in [5.74, 6) is 0. The Kier molecular flexibility index (Phi) is 3.50. The Hall–Kier alpha value is -1.79. The highest BCUT2D eigenvalue weighted by molar-refractivity contribution is 6.23. The van der Waals surface area contributed by atoms with E-state index in [9.17, 15) is 0 Å². The minimum absolute atomic E-state index is 0.109. The van der Waals surface area contributed by atoms with Gasteiger partial charge in [0.05, 0.1) is 5.38 Å². The number of halogens is 1. The number of fused-ring (bicyclic) bond motifs is 1. The van der Waals surface area contributed by atoms with Crippen molar-refractivity contribution in [3.63, 3.8) is 0 Å². The van der Waals surface area contributed by atoms with Crippen LogP contribution < -0.4 is 0 Å². The summed E-state index contributed by atoms with van der Waals surface area (Å²) in [4.78, 5) is 0. The molecule has 0 saturated heterocycles. The normalized spacial score (nSPS) is 12.6. The molecule has 0 nitrogen and oxygen atoms in total. The summed E-state index contributed by atoms with van der Waals surface area (Å²) in [7, 11) is 0. The van der Waals surface area contributed by atoms with Crippen LogP contribution in [0.2, 0.25) is 0 Å². The number of aryl methyl sites for hydroxylation is 2. The van der Waals surface area contributed by atoms with Gasteiger partial charge in [0.15, 0.2) is 0 Å². The van der Waals surface area contributed by atoms with Gasteiger partial charge in [-0.15, -0.1) is 11.6 Å². The fourth-order valence-electron chi connectivity index (χ4n) is 2.85. The summed E-state index contributed by atoms with van der Waals surface area (Å²) in [6.07, 6.45) is 0. The van der Waals surface area contributed by atoms with Crippen LogP contribution in [0.4, 0.5) is 0 Å². The molecule has 0 saturated carbocycles. The van der Waals surface area contributed by atoms with Gasteiger partial charge >= 0.3 is 0 Å². The lowest BCUT2D eigenvalue weighted by molar-refractivity contribution is 1.09. The van der Waals surface area contributed by atoms with Crippen molar-refractivity contribution in [3.05, 3.63) is 82.9 Å². The molecule has 0 aliphatic heterocycles. The number of alkyl halides is 1. The molecule has 0 amide bonds. The summed E-state index contributed by atoms with van der Waals surface area (Å²) < 4.78 is 0. The second-order valence-electron chi connectivity index (χ2n) is 5.24. The van der Waals surface area contributed by atoms with Crippen molar-refractivity contribution >= 4 is 22.4 Å². The Morgan fingerprint density at radius 2 is 1.35 bits per heavy atom. The molecule has 0 aliphatic carbocycles. The van der Waals surface area contributed by atoms with Gasteiger partial charge in [-0.25, -0.2) is 0 Å². The fraction of sp³-hybridized carbons (Fsp3) is 0.158. The molecular formula is C19H17Cl. The molecule has 0 radical (unpaired) electrons. The van der Waals surface area contributed by atoms with Crippen LogP contribution in [0.1, 0.15) is 27.6 Å². The molecule has 0 fully saturated rings. The molecule has 3 aromatic carbocycles. The minimum atomic E-state index is -0.109. The molecule has 0 bridgehead atoms. The summed E-state index contributed by atoms with van der Waals surface area (Å²) >= 11 is 6.82. The molecule has 3 aromatic rings. The summed E-state index contributed by atoms with van der Waals surface area (Å²) in [6.45, 7) is 4.26. The number of hydrogen-bond acceptors (Lipinski definition) is 0. The molecular weight excluding hydrogens is 264 g/mol. The lowest BCUT2D eigenvalue weighted by atomic mass is 9.93. The molecule has 3 rings (SSSR count). The van der Waals surface area contributed by atoms with Gasteiger partial charge in [0.1, 0.15) is 0 Å². The summed E-state index contributed by atoms with van der Waals surface area (Å²) in [6, 6.07) is 21.1. The van der Waals surface area contributed by atoms with E-state index < -0.39 is 0 Å². The van der Waals surface area contributed by atoms with Gasteiger partial charge in [-0.2, -0.15) is 0 Å². The molecule has 100 valence electrons. The van der Waals surface area contributed by atoms with Crippen LogP contribution in [0.25, 0.3) is 10.8 Å². The number of rotatable bonds is 2. The van der Waals surface area contributed by atoms with Gasteiger partial charge in [0, 0.05) is 0 Å². The van der Waals surface area contributed by atoms with Crippen LogP contribution in [-0.2, 0) is 0 Å². The zero-order chi connectivity index (χ0) is 14.1. The highest BCUT2D eigenvalue weighted by Crippen LogP contribution is 2.36. The van der Waals surface area contributed by atoms with Crippen molar-refractivity contribution in [2.75, 3.05) is 0 Å². The Bertz CT molecular complexity index is 733. The molecule has 1 unspecified atom stereocenters. The number of hydrogen-bond donors (Lipinski definition) is 0. The summed E-state index contributed by atoms with van der Waals surface area (Å²) in [5, 5.41) is 2.36. The third-order valence-corrected chi connectivity index (χ3v) is 4.35. The van der Waals surface area contributed by atoms with Gasteiger partial charge < -0.3 is 0 Å². The predicted octanol–water partition coefficient (Wildman–Crippen LogP) is 5.78. The highest BCUT2D eigenvalue weighted by Gasteiger charge is 2.17. The Morgan fingerprint density at radius 3 is 2.10 bits per heavy atom. The lowest BCUT2D eigenvalue weighted by Gasteiger charge is -2.18. The zero-order valence-corrected chi connectivity index (χ0v) is 12.5. The third kappa shape index (κ3) is 2.21. The van der Waals surface area contributed by atoms with Crippen LogP contribution in [0.3, 0.4) is 0 Å². The largest absolute Gasteiger partial charge is 0.113 e. The maximum atomic E-state index is 6.82. The van der Waals surface area contributed by atoms with Crippen molar-refractivity contribution in [3.8, 4) is 0 Å². The molecule has 20 heavy (non-hydrogen) atoms. The van der Waals surface area contributed by atoms with Gasteiger partial charge in [0.25, 0.3) is 0 Å². The van der Waals surface area contributed by atoms with E-state index in [2.05, 4.69) is 74.5 Å². The van der Waals surface area contributed by atoms with Crippen molar-refractivity contribution < 1.29 is 0 Å². The van der Waals surface area contributed by atoms with E-state index in [0.717, 1.165) is 0 Å². The van der Waals surface area contributed by atoms with Crippen LogP contribution in [-0.4, -0.2) is 0 Å². The minimum Gasteiger partial charge on any atom is -0.113 e. The lowest BCUT2D eigenvalue weighted by Crippen LogP contribution is -2.00. The monoisotopic (exact) mass is 280 g/mol. The van der Waals surface area contributed by atoms with Gasteiger partial charge in [-0.1, -0.05) is 60.7 Å². The Labute approximate surface area is 125 Å². The van der Waals surface area contributed by atoms with Gasteiger partial charge in [0.2, 0.25) is 0 Å². The van der Waals surface area contributed by atoms with Crippen LogP contribution >= 0.6 is 11.6 Å². The highest BCUT2D eigenvalue weighted by atomic mass is 35.5. The Morgan fingerprint density at radius 1 is 0.750 bits per heavy atom. The first-order valence-corrected chi connectivity index (χ1v) is 7.30. The fourth-order valence-corrected chi connectivity index (χ4v) is 3.39. The standard InChI is InChI=1S/C19H17Cl/c1-13-7-5-8-14(2)18(13)19(20)17-12-6-10-15-9-3-4-11-16(15)17/h3-12,19H,1-2H3. The maximum Gasteiger partial charge on any atom is 0.0846 e. The SMILES string of the molecule is Cc1cccc(C)c1C(Cl)c1cccc2ccccc12. The zero-order valence-electron chi connectivity index (χ0n) is 11.7. The average Bonchev–Trinajstić information content (AvgIpc) is 2.46. The molecule has 1 atom stereocenters. The summed E-state index contributed by atoms with van der Waals surface area (Å²) in [5.41, 5.74) is 4.91. The van der Waals surface area contributed by atoms with Crippen molar-refractivity contribution in [1.82, 2.24) is 0 Å². The van der Waals surface area contributed by atoms with E-state index in [1.165, 1.54) is 33.0 Å². The molecule has 0 heterocycles. The molecule has 0 aliphatic rings. The van der Waals surface area contributed by atoms with E-state index in [-0.39, 0.29) is 5.38 Å². The van der Waals surface area contributed by atoms with Crippen molar-refractivity contribution in [2.45, 2.75) is 19.2 Å². The number of benzene rings is 3. The maximum absolute atomic E-state index is 6.82. The van der Waals surface area contributed by atoms with Gasteiger partial charge in [-0.3, -0.25) is 0 Å². The van der Waals surface area contributed by atoms with E-state index >= 15 is 0 Å². The molecule has 0 aromatic heterocycles. The first-order valence-electron chi connectivity index (χ1n) is 6.86.